The third-order valence-corrected chi connectivity index (χ3v) is 5.39. The normalized spacial score (nSPS) is 13.7. The molecule has 1 rings (SSSR count). The lowest BCUT2D eigenvalue weighted by Crippen LogP contribution is -2.38. The average Bonchev–Trinajstić information content (AvgIpc) is 2.34. The predicted molar refractivity (Wildman–Crippen MR) is 79.4 cm³/mol. The van der Waals surface area contributed by atoms with Crippen molar-refractivity contribution in [1.29, 1.82) is 0 Å². The molecule has 0 amide bonds. The van der Waals surface area contributed by atoms with Crippen LogP contribution in [-0.2, 0) is 10.0 Å². The van der Waals surface area contributed by atoms with E-state index in [1.165, 1.54) is 13.0 Å². The minimum Gasteiger partial charge on any atom is -0.399 e. The highest BCUT2D eigenvalue weighted by Crippen LogP contribution is 2.23. The van der Waals surface area contributed by atoms with E-state index in [2.05, 4.69) is 4.72 Å². The molecule has 0 aliphatic rings. The summed E-state index contributed by atoms with van der Waals surface area (Å²) in [5.74, 6) is -0.364. The largest absolute Gasteiger partial charge is 0.399 e. The van der Waals surface area contributed by atoms with Gasteiger partial charge >= 0.3 is 0 Å². The summed E-state index contributed by atoms with van der Waals surface area (Å²) in [4.78, 5) is -0.0900. The second kappa shape index (κ2) is 6.54. The lowest BCUT2D eigenvalue weighted by atomic mass is 9.96. The zero-order valence-corrected chi connectivity index (χ0v) is 13.2. The van der Waals surface area contributed by atoms with E-state index < -0.39 is 15.8 Å². The van der Waals surface area contributed by atoms with E-state index in [-0.39, 0.29) is 28.1 Å². The molecule has 0 bridgehead atoms. The average molecular weight is 302 g/mol. The summed E-state index contributed by atoms with van der Waals surface area (Å²) in [7, 11) is -3.77. The number of anilines is 1. The van der Waals surface area contributed by atoms with Crippen molar-refractivity contribution in [2.45, 2.75) is 51.5 Å². The standard InChI is InChI=1S/C14H23FN2O2S/c1-5-11(6-2)10(4)17-20(18,19)14-8-12(16)7-13(15)9(14)3/h7-8,10-11,17H,5-6,16H2,1-4H3. The summed E-state index contributed by atoms with van der Waals surface area (Å²) in [6.45, 7) is 7.30. The van der Waals surface area contributed by atoms with E-state index in [1.807, 2.05) is 20.8 Å². The van der Waals surface area contributed by atoms with Gasteiger partial charge in [0.1, 0.15) is 5.82 Å². The molecule has 20 heavy (non-hydrogen) atoms. The van der Waals surface area contributed by atoms with Crippen LogP contribution < -0.4 is 10.5 Å². The van der Waals surface area contributed by atoms with Crippen molar-refractivity contribution in [2.24, 2.45) is 5.92 Å². The van der Waals surface area contributed by atoms with Crippen molar-refractivity contribution >= 4 is 15.7 Å². The second-order valence-corrected chi connectivity index (χ2v) is 6.79. The van der Waals surface area contributed by atoms with Crippen LogP contribution in [-0.4, -0.2) is 14.5 Å². The van der Waals surface area contributed by atoms with Gasteiger partial charge in [-0.3, -0.25) is 0 Å². The van der Waals surface area contributed by atoms with Crippen LogP contribution in [0, 0.1) is 18.7 Å². The van der Waals surface area contributed by atoms with Crippen molar-refractivity contribution in [2.75, 3.05) is 5.73 Å². The highest BCUT2D eigenvalue weighted by Gasteiger charge is 2.24. The third kappa shape index (κ3) is 3.70. The van der Waals surface area contributed by atoms with Crippen LogP contribution >= 0.6 is 0 Å². The molecule has 0 heterocycles. The molecule has 3 N–H and O–H groups in total. The molecule has 0 aliphatic heterocycles. The zero-order valence-electron chi connectivity index (χ0n) is 12.4. The van der Waals surface area contributed by atoms with Crippen LogP contribution in [0.2, 0.25) is 0 Å². The molecule has 1 unspecified atom stereocenters. The maximum atomic E-state index is 13.6. The summed E-state index contributed by atoms with van der Waals surface area (Å²) >= 11 is 0. The summed E-state index contributed by atoms with van der Waals surface area (Å²) < 4.78 is 41.0. The van der Waals surface area contributed by atoms with Gasteiger partial charge in [-0.05, 0) is 31.9 Å². The van der Waals surface area contributed by atoms with Gasteiger partial charge in [-0.2, -0.15) is 0 Å². The molecule has 0 radical (unpaired) electrons. The smallest absolute Gasteiger partial charge is 0.241 e. The van der Waals surface area contributed by atoms with Gasteiger partial charge in [-0.15, -0.1) is 0 Å². The molecule has 1 atom stereocenters. The summed E-state index contributed by atoms with van der Waals surface area (Å²) in [6.07, 6.45) is 1.76. The SMILES string of the molecule is CCC(CC)C(C)NS(=O)(=O)c1cc(N)cc(F)c1C. The fourth-order valence-electron chi connectivity index (χ4n) is 2.35. The summed E-state index contributed by atoms with van der Waals surface area (Å²) in [5.41, 5.74) is 5.72. The van der Waals surface area contributed by atoms with Crippen LogP contribution in [0.1, 0.15) is 39.2 Å². The first-order valence-corrected chi connectivity index (χ1v) is 8.29. The number of halogens is 1. The minimum atomic E-state index is -3.77. The van der Waals surface area contributed by atoms with Crippen LogP contribution in [0.15, 0.2) is 17.0 Å². The molecule has 0 aliphatic carbocycles. The number of benzene rings is 1. The Labute approximate surface area is 120 Å². The maximum Gasteiger partial charge on any atom is 0.241 e. The van der Waals surface area contributed by atoms with Crippen LogP contribution in [0.5, 0.6) is 0 Å². The molecule has 0 spiro atoms. The first kappa shape index (κ1) is 16.9. The molecule has 0 aromatic heterocycles. The topological polar surface area (TPSA) is 72.2 Å². The number of nitrogens with two attached hydrogens (primary N) is 1. The molecule has 0 fully saturated rings. The van der Waals surface area contributed by atoms with Gasteiger partial charge in [0, 0.05) is 17.3 Å². The number of hydrogen-bond acceptors (Lipinski definition) is 3. The van der Waals surface area contributed by atoms with Crippen LogP contribution in [0.3, 0.4) is 0 Å². The van der Waals surface area contributed by atoms with E-state index in [4.69, 9.17) is 5.73 Å². The molecule has 0 saturated heterocycles. The van der Waals surface area contributed by atoms with Gasteiger partial charge in [-0.1, -0.05) is 26.7 Å². The van der Waals surface area contributed by atoms with Gasteiger partial charge in [0.15, 0.2) is 0 Å². The predicted octanol–water partition coefficient (Wildman–Crippen LogP) is 2.82. The second-order valence-electron chi connectivity index (χ2n) is 5.11. The number of nitrogens with one attached hydrogen (secondary N) is 1. The van der Waals surface area contributed by atoms with E-state index >= 15 is 0 Å². The molecule has 114 valence electrons. The van der Waals surface area contributed by atoms with Gasteiger partial charge in [-0.25, -0.2) is 17.5 Å². The Bertz CT molecular complexity index is 569. The molecule has 4 nitrogen and oxygen atoms in total. The number of rotatable bonds is 6. The van der Waals surface area contributed by atoms with Gasteiger partial charge in [0.2, 0.25) is 10.0 Å². The Morgan fingerprint density at radius 1 is 1.30 bits per heavy atom. The Morgan fingerprint density at radius 3 is 2.35 bits per heavy atom. The summed E-state index contributed by atoms with van der Waals surface area (Å²) in [6, 6.07) is 2.21. The van der Waals surface area contributed by atoms with Gasteiger partial charge in [0.05, 0.1) is 4.90 Å². The van der Waals surface area contributed by atoms with Crippen molar-refractivity contribution in [1.82, 2.24) is 4.72 Å². The van der Waals surface area contributed by atoms with Crippen molar-refractivity contribution in [3.05, 3.63) is 23.5 Å². The van der Waals surface area contributed by atoms with E-state index in [0.29, 0.717) is 0 Å². The lowest BCUT2D eigenvalue weighted by molar-refractivity contribution is 0.390. The van der Waals surface area contributed by atoms with E-state index in [0.717, 1.165) is 18.9 Å². The van der Waals surface area contributed by atoms with Crippen LogP contribution in [0.4, 0.5) is 10.1 Å². The van der Waals surface area contributed by atoms with Crippen molar-refractivity contribution < 1.29 is 12.8 Å². The van der Waals surface area contributed by atoms with Crippen molar-refractivity contribution in [3.8, 4) is 0 Å². The molecule has 6 heteroatoms. The first-order valence-electron chi connectivity index (χ1n) is 6.80. The molecule has 1 aromatic rings. The highest BCUT2D eigenvalue weighted by atomic mass is 32.2. The Morgan fingerprint density at radius 2 is 1.85 bits per heavy atom. The minimum absolute atomic E-state index is 0.0865. The molecular formula is C14H23FN2O2S. The monoisotopic (exact) mass is 302 g/mol. The van der Waals surface area contributed by atoms with Gasteiger partial charge < -0.3 is 5.73 Å². The quantitative estimate of drug-likeness (QED) is 0.794. The van der Waals surface area contributed by atoms with Crippen molar-refractivity contribution in [3.63, 3.8) is 0 Å². The maximum absolute atomic E-state index is 13.6. The third-order valence-electron chi connectivity index (χ3n) is 3.71. The van der Waals surface area contributed by atoms with E-state index in [9.17, 15) is 12.8 Å². The number of nitrogen functional groups attached to an aromatic ring is 1. The van der Waals surface area contributed by atoms with Crippen LogP contribution in [0.25, 0.3) is 0 Å². The zero-order chi connectivity index (χ0) is 15.5. The Kier molecular flexibility index (Phi) is 5.53. The Hall–Kier alpha value is -1.14. The van der Waals surface area contributed by atoms with E-state index in [1.54, 1.807) is 0 Å². The Balaban J connectivity index is 3.12. The highest BCUT2D eigenvalue weighted by molar-refractivity contribution is 7.89. The number of sulfonamides is 1. The fraction of sp³-hybridized carbons (Fsp3) is 0.571. The van der Waals surface area contributed by atoms with Gasteiger partial charge in [0.25, 0.3) is 0 Å². The fourth-order valence-corrected chi connectivity index (χ4v) is 3.95. The molecule has 0 saturated carbocycles. The molecule has 1 aromatic carbocycles. The lowest BCUT2D eigenvalue weighted by Gasteiger charge is -2.23. The first-order chi connectivity index (χ1) is 9.22. The summed E-state index contributed by atoms with van der Waals surface area (Å²) in [5, 5.41) is 0. The number of hydrogen-bond donors (Lipinski definition) is 2. The molecular weight excluding hydrogens is 279 g/mol.